The highest BCUT2D eigenvalue weighted by molar-refractivity contribution is 6.30. The quantitative estimate of drug-likeness (QED) is 0.696. The third kappa shape index (κ3) is 6.18. The topological polar surface area (TPSA) is 83.6 Å². The van der Waals surface area contributed by atoms with E-state index in [9.17, 15) is 9.59 Å². The average Bonchev–Trinajstić information content (AvgIpc) is 2.74. The van der Waals surface area contributed by atoms with Crippen LogP contribution in [0.4, 0.5) is 16.3 Å². The molecule has 2 N–H and O–H groups in total. The monoisotopic (exact) mass is 430 g/mol. The van der Waals surface area contributed by atoms with Crippen molar-refractivity contribution >= 4 is 35.1 Å². The van der Waals surface area contributed by atoms with Crippen molar-refractivity contribution in [1.29, 1.82) is 0 Å². The van der Waals surface area contributed by atoms with Gasteiger partial charge in [0.05, 0.1) is 22.9 Å². The highest BCUT2D eigenvalue weighted by Crippen LogP contribution is 2.21. The predicted octanol–water partition coefficient (Wildman–Crippen LogP) is 4.66. The minimum absolute atomic E-state index is 0.316. The van der Waals surface area contributed by atoms with Gasteiger partial charge in [0.2, 0.25) is 0 Å². The number of hydrogen-bond donors (Lipinski definition) is 2. The Morgan fingerprint density at radius 2 is 1.90 bits per heavy atom. The number of hydrogen-bond acceptors (Lipinski definition) is 5. The van der Waals surface area contributed by atoms with Crippen LogP contribution < -0.4 is 10.6 Å². The first-order valence-corrected chi connectivity index (χ1v) is 10.5. The highest BCUT2D eigenvalue weighted by atomic mass is 35.5. The third-order valence-electron chi connectivity index (χ3n) is 5.21. The number of pyridine rings is 1. The number of nitrogens with one attached hydrogen (secondary N) is 2. The van der Waals surface area contributed by atoms with E-state index in [0.717, 1.165) is 25.9 Å². The molecule has 160 valence electrons. The molecule has 3 rings (SSSR count). The lowest BCUT2D eigenvalue weighted by Crippen LogP contribution is -2.39. The zero-order chi connectivity index (χ0) is 21.5. The number of amides is 2. The normalized spacial score (nSPS) is 15.1. The number of anilines is 2. The molecule has 0 radical (unpaired) electrons. The lowest BCUT2D eigenvalue weighted by Gasteiger charge is -2.34. The van der Waals surface area contributed by atoms with E-state index in [0.29, 0.717) is 40.7 Å². The van der Waals surface area contributed by atoms with Gasteiger partial charge in [0.25, 0.3) is 5.91 Å². The van der Waals surface area contributed by atoms with E-state index in [4.69, 9.17) is 16.3 Å². The van der Waals surface area contributed by atoms with Crippen molar-refractivity contribution < 1.29 is 14.3 Å². The van der Waals surface area contributed by atoms with Gasteiger partial charge >= 0.3 is 6.09 Å². The van der Waals surface area contributed by atoms with Gasteiger partial charge in [-0.2, -0.15) is 0 Å². The van der Waals surface area contributed by atoms with Crippen LogP contribution >= 0.6 is 11.6 Å². The maximum atomic E-state index is 12.6. The fraction of sp³-hybridized carbons (Fsp3) is 0.409. The standard InChI is InChI=1S/C22H27ClN4O3/c1-15(2)27-11-9-16(10-12-27)14-30-22(29)25-19-6-4-3-5-18(19)21(28)26-20-8-7-17(23)13-24-20/h3-8,13,15-16H,9-12,14H2,1-2H3,(H,25,29)(H,24,26,28). The van der Waals surface area contributed by atoms with Crippen LogP contribution in [0.15, 0.2) is 42.6 Å². The molecule has 1 fully saturated rings. The first-order valence-electron chi connectivity index (χ1n) is 10.1. The summed E-state index contributed by atoms with van der Waals surface area (Å²) in [5, 5.41) is 5.85. The van der Waals surface area contributed by atoms with Gasteiger partial charge in [-0.25, -0.2) is 9.78 Å². The van der Waals surface area contributed by atoms with Gasteiger partial charge in [-0.05, 0) is 70.0 Å². The number of halogens is 1. The number of nitrogens with zero attached hydrogens (tertiary/aromatic N) is 2. The maximum Gasteiger partial charge on any atom is 0.411 e. The van der Waals surface area contributed by atoms with Crippen LogP contribution in [0.2, 0.25) is 5.02 Å². The number of ether oxygens (including phenoxy) is 1. The van der Waals surface area contributed by atoms with Crippen molar-refractivity contribution in [2.45, 2.75) is 32.7 Å². The van der Waals surface area contributed by atoms with E-state index in [1.54, 1.807) is 36.4 Å². The fourth-order valence-electron chi connectivity index (χ4n) is 3.40. The van der Waals surface area contributed by atoms with Crippen molar-refractivity contribution in [2.75, 3.05) is 30.3 Å². The Kier molecular flexibility index (Phi) is 7.65. The molecule has 1 saturated heterocycles. The summed E-state index contributed by atoms with van der Waals surface area (Å²) in [5.74, 6) is 0.344. The smallest absolute Gasteiger partial charge is 0.411 e. The SMILES string of the molecule is CC(C)N1CCC(COC(=O)Nc2ccccc2C(=O)Nc2ccc(Cl)cn2)CC1. The molecule has 0 aliphatic carbocycles. The molecular formula is C22H27ClN4O3. The second-order valence-corrected chi connectivity index (χ2v) is 8.09. The third-order valence-corrected chi connectivity index (χ3v) is 5.43. The Morgan fingerprint density at radius 3 is 2.57 bits per heavy atom. The zero-order valence-corrected chi connectivity index (χ0v) is 18.0. The lowest BCUT2D eigenvalue weighted by atomic mass is 9.97. The van der Waals surface area contributed by atoms with Gasteiger partial charge in [-0.3, -0.25) is 10.1 Å². The number of carbonyl (C=O) groups excluding carboxylic acids is 2. The molecule has 0 unspecified atom stereocenters. The molecule has 0 saturated carbocycles. The Balaban J connectivity index is 1.53. The largest absolute Gasteiger partial charge is 0.449 e. The van der Waals surface area contributed by atoms with E-state index in [-0.39, 0.29) is 5.91 Å². The number of piperidine rings is 1. The summed E-state index contributed by atoms with van der Waals surface area (Å²) in [6.45, 7) is 6.81. The molecular weight excluding hydrogens is 404 g/mol. The number of aromatic nitrogens is 1. The first kappa shape index (κ1) is 22.1. The highest BCUT2D eigenvalue weighted by Gasteiger charge is 2.22. The molecule has 1 aliphatic heterocycles. The summed E-state index contributed by atoms with van der Waals surface area (Å²) in [7, 11) is 0. The van der Waals surface area contributed by atoms with E-state index >= 15 is 0 Å². The van der Waals surface area contributed by atoms with Crippen molar-refractivity contribution in [3.63, 3.8) is 0 Å². The molecule has 30 heavy (non-hydrogen) atoms. The van der Waals surface area contributed by atoms with Gasteiger partial charge < -0.3 is 15.0 Å². The van der Waals surface area contributed by atoms with E-state index in [1.165, 1.54) is 6.20 Å². The van der Waals surface area contributed by atoms with Crippen molar-refractivity contribution in [3.8, 4) is 0 Å². The lowest BCUT2D eigenvalue weighted by molar-refractivity contribution is 0.0934. The van der Waals surface area contributed by atoms with E-state index < -0.39 is 6.09 Å². The van der Waals surface area contributed by atoms with Crippen LogP contribution in [-0.4, -0.2) is 47.6 Å². The van der Waals surface area contributed by atoms with E-state index in [1.807, 2.05) is 0 Å². The molecule has 1 aliphatic rings. The van der Waals surface area contributed by atoms with Crippen molar-refractivity contribution in [2.24, 2.45) is 5.92 Å². The second-order valence-electron chi connectivity index (χ2n) is 7.66. The molecule has 0 spiro atoms. The minimum Gasteiger partial charge on any atom is -0.449 e. The first-order chi connectivity index (χ1) is 14.4. The molecule has 8 heteroatoms. The van der Waals surface area contributed by atoms with Gasteiger partial charge in [0.1, 0.15) is 5.82 Å². The Bertz CT molecular complexity index is 865. The second kappa shape index (κ2) is 10.4. The maximum absolute atomic E-state index is 12.6. The predicted molar refractivity (Wildman–Crippen MR) is 118 cm³/mol. The van der Waals surface area contributed by atoms with Gasteiger partial charge in [-0.1, -0.05) is 23.7 Å². The Hall–Kier alpha value is -2.64. The molecule has 2 heterocycles. The number of rotatable bonds is 6. The Labute approximate surface area is 181 Å². The van der Waals surface area contributed by atoms with Gasteiger partial charge in [0.15, 0.2) is 0 Å². The van der Waals surface area contributed by atoms with Crippen LogP contribution in [0.3, 0.4) is 0 Å². The summed E-state index contributed by atoms with van der Waals surface area (Å²) in [4.78, 5) is 31.4. The number of carbonyl (C=O) groups is 2. The summed E-state index contributed by atoms with van der Waals surface area (Å²) >= 11 is 5.82. The molecule has 0 bridgehead atoms. The van der Waals surface area contributed by atoms with Gasteiger partial charge in [0, 0.05) is 12.2 Å². The Morgan fingerprint density at radius 1 is 1.17 bits per heavy atom. The molecule has 2 aromatic rings. The molecule has 2 amide bonds. The molecule has 1 aromatic heterocycles. The van der Waals surface area contributed by atoms with Crippen molar-refractivity contribution in [3.05, 3.63) is 53.2 Å². The number of likely N-dealkylation sites (tertiary alicyclic amines) is 1. The fourth-order valence-corrected chi connectivity index (χ4v) is 3.51. The average molecular weight is 431 g/mol. The van der Waals surface area contributed by atoms with Gasteiger partial charge in [-0.15, -0.1) is 0 Å². The number of para-hydroxylation sites is 1. The molecule has 0 atom stereocenters. The number of benzene rings is 1. The molecule has 1 aromatic carbocycles. The minimum atomic E-state index is -0.564. The summed E-state index contributed by atoms with van der Waals surface area (Å²) < 4.78 is 5.42. The zero-order valence-electron chi connectivity index (χ0n) is 17.2. The van der Waals surface area contributed by atoms with Crippen LogP contribution in [-0.2, 0) is 4.74 Å². The van der Waals surface area contributed by atoms with Crippen LogP contribution in [0.25, 0.3) is 0 Å². The summed E-state index contributed by atoms with van der Waals surface area (Å²) in [6, 6.07) is 10.5. The molecule has 7 nitrogen and oxygen atoms in total. The van der Waals surface area contributed by atoms with Crippen molar-refractivity contribution in [1.82, 2.24) is 9.88 Å². The summed E-state index contributed by atoms with van der Waals surface area (Å²) in [6.07, 6.45) is 2.91. The van der Waals surface area contributed by atoms with Crippen LogP contribution in [0.5, 0.6) is 0 Å². The summed E-state index contributed by atoms with van der Waals surface area (Å²) in [5.41, 5.74) is 0.694. The van der Waals surface area contributed by atoms with E-state index in [2.05, 4.69) is 34.4 Å². The van der Waals surface area contributed by atoms with Crippen LogP contribution in [0.1, 0.15) is 37.0 Å². The van der Waals surface area contributed by atoms with Crippen LogP contribution in [0, 0.1) is 5.92 Å².